The van der Waals surface area contributed by atoms with E-state index in [1.165, 1.54) is 12.8 Å². The van der Waals surface area contributed by atoms with Crippen LogP contribution in [0.3, 0.4) is 0 Å². The second-order valence-electron chi connectivity index (χ2n) is 2.29. The number of amides is 1. The highest BCUT2D eigenvalue weighted by atomic mass is 16.1. The lowest BCUT2D eigenvalue weighted by atomic mass is 10.1. The molecule has 0 saturated carbocycles. The third kappa shape index (κ3) is 2.01. The van der Waals surface area contributed by atoms with Crippen LogP contribution in [0.5, 0.6) is 0 Å². The number of piperidine rings is 1. The molecule has 1 rings (SSSR count). The molecule has 3 nitrogen and oxygen atoms in total. The van der Waals surface area contributed by atoms with Crippen molar-refractivity contribution < 1.29 is 4.79 Å². The molecule has 1 fully saturated rings. The summed E-state index contributed by atoms with van der Waals surface area (Å²) in [5.41, 5.74) is 0. The van der Waals surface area contributed by atoms with E-state index in [2.05, 4.69) is 10.6 Å². The van der Waals surface area contributed by atoms with Gasteiger partial charge in [0.2, 0.25) is 6.41 Å². The molecule has 0 aromatic carbocycles. The summed E-state index contributed by atoms with van der Waals surface area (Å²) in [6, 6.07) is 0. The van der Waals surface area contributed by atoms with E-state index in [4.69, 9.17) is 0 Å². The summed E-state index contributed by atoms with van der Waals surface area (Å²) in [7, 11) is 0. The van der Waals surface area contributed by atoms with E-state index in [1.807, 2.05) is 0 Å². The van der Waals surface area contributed by atoms with Crippen molar-refractivity contribution in [3.05, 3.63) is 0 Å². The molecule has 1 amide bonds. The van der Waals surface area contributed by atoms with Gasteiger partial charge in [-0.05, 0) is 25.8 Å². The third-order valence-electron chi connectivity index (χ3n) is 1.58. The largest absolute Gasteiger partial charge is 0.343 e. The maximum Gasteiger partial charge on any atom is 0.208 e. The molecule has 1 atom stereocenters. The predicted octanol–water partition coefficient (Wildman–Crippen LogP) is -0.168. The highest BCUT2D eigenvalue weighted by Gasteiger charge is 2.09. The average Bonchev–Trinajstić information content (AvgIpc) is 1.91. The molecule has 0 aliphatic carbocycles. The van der Waals surface area contributed by atoms with Crippen molar-refractivity contribution in [1.82, 2.24) is 10.6 Å². The molecule has 0 aromatic heterocycles. The van der Waals surface area contributed by atoms with Gasteiger partial charge in [-0.3, -0.25) is 10.1 Å². The molecule has 0 radical (unpaired) electrons. The first kappa shape index (κ1) is 6.55. The molecule has 3 heteroatoms. The fraction of sp³-hybridized carbons (Fsp3) is 0.833. The first-order valence-electron chi connectivity index (χ1n) is 3.36. The summed E-state index contributed by atoms with van der Waals surface area (Å²) in [5, 5.41) is 5.87. The lowest BCUT2D eigenvalue weighted by molar-refractivity contribution is -0.110. The van der Waals surface area contributed by atoms with Crippen LogP contribution in [-0.4, -0.2) is 19.1 Å². The number of hydrogen-bond donors (Lipinski definition) is 2. The van der Waals surface area contributed by atoms with E-state index < -0.39 is 0 Å². The van der Waals surface area contributed by atoms with Gasteiger partial charge in [0, 0.05) is 0 Å². The maximum absolute atomic E-state index is 9.92. The van der Waals surface area contributed by atoms with Gasteiger partial charge in [0.25, 0.3) is 0 Å². The molecule has 1 aliphatic heterocycles. The normalized spacial score (nSPS) is 27.3. The summed E-state index contributed by atoms with van der Waals surface area (Å²) in [6.07, 6.45) is 4.51. The van der Waals surface area contributed by atoms with Crippen LogP contribution < -0.4 is 10.6 Å². The van der Waals surface area contributed by atoms with Crippen LogP contribution in [0.4, 0.5) is 0 Å². The van der Waals surface area contributed by atoms with E-state index in [0.717, 1.165) is 19.4 Å². The van der Waals surface area contributed by atoms with Gasteiger partial charge in [-0.2, -0.15) is 0 Å². The van der Waals surface area contributed by atoms with E-state index in [9.17, 15) is 4.79 Å². The highest BCUT2D eigenvalue weighted by Crippen LogP contribution is 2.02. The minimum atomic E-state index is 0.233. The summed E-state index contributed by atoms with van der Waals surface area (Å²) < 4.78 is 0. The molecule has 1 saturated heterocycles. The zero-order valence-electron chi connectivity index (χ0n) is 5.39. The standard InChI is InChI=1S/C6H12N2O/c9-5-8-6-3-1-2-4-7-6/h5-7H,1-4H2,(H,8,9). The summed E-state index contributed by atoms with van der Waals surface area (Å²) in [4.78, 5) is 9.92. The summed E-state index contributed by atoms with van der Waals surface area (Å²) in [5.74, 6) is 0. The lowest BCUT2D eigenvalue weighted by Crippen LogP contribution is -2.44. The van der Waals surface area contributed by atoms with Crippen molar-refractivity contribution >= 4 is 6.41 Å². The van der Waals surface area contributed by atoms with Crippen LogP contribution in [0.1, 0.15) is 19.3 Å². The predicted molar refractivity (Wildman–Crippen MR) is 34.8 cm³/mol. The molecule has 9 heavy (non-hydrogen) atoms. The van der Waals surface area contributed by atoms with Gasteiger partial charge in [0.1, 0.15) is 0 Å². The Morgan fingerprint density at radius 1 is 1.56 bits per heavy atom. The SMILES string of the molecule is O=CNC1CCCCN1. The Balaban J connectivity index is 2.15. The third-order valence-corrected chi connectivity index (χ3v) is 1.58. The summed E-state index contributed by atoms with van der Waals surface area (Å²) >= 11 is 0. The van der Waals surface area contributed by atoms with Crippen molar-refractivity contribution in [2.45, 2.75) is 25.4 Å². The van der Waals surface area contributed by atoms with Gasteiger partial charge >= 0.3 is 0 Å². The minimum absolute atomic E-state index is 0.233. The van der Waals surface area contributed by atoms with Gasteiger partial charge in [-0.1, -0.05) is 0 Å². The van der Waals surface area contributed by atoms with Crippen LogP contribution in [-0.2, 0) is 4.79 Å². The smallest absolute Gasteiger partial charge is 0.208 e. The quantitative estimate of drug-likeness (QED) is 0.507. The number of hydrogen-bond acceptors (Lipinski definition) is 2. The number of carbonyl (C=O) groups excluding carboxylic acids is 1. The van der Waals surface area contributed by atoms with Gasteiger partial charge in [-0.25, -0.2) is 0 Å². The molecule has 1 unspecified atom stereocenters. The fourth-order valence-corrected chi connectivity index (χ4v) is 1.08. The van der Waals surface area contributed by atoms with E-state index in [0.29, 0.717) is 0 Å². The Labute approximate surface area is 54.8 Å². The Morgan fingerprint density at radius 3 is 3.00 bits per heavy atom. The second-order valence-corrected chi connectivity index (χ2v) is 2.29. The zero-order valence-corrected chi connectivity index (χ0v) is 5.39. The minimum Gasteiger partial charge on any atom is -0.343 e. The highest BCUT2D eigenvalue weighted by molar-refractivity contribution is 5.46. The van der Waals surface area contributed by atoms with Crippen molar-refractivity contribution in [1.29, 1.82) is 0 Å². The van der Waals surface area contributed by atoms with Crippen LogP contribution in [0, 0.1) is 0 Å². The van der Waals surface area contributed by atoms with E-state index in [1.54, 1.807) is 0 Å². The van der Waals surface area contributed by atoms with Crippen molar-refractivity contribution in [3.63, 3.8) is 0 Å². The van der Waals surface area contributed by atoms with Gasteiger partial charge in [0.05, 0.1) is 6.17 Å². The topological polar surface area (TPSA) is 41.1 Å². The average molecular weight is 128 g/mol. The Hall–Kier alpha value is -0.570. The molecule has 0 bridgehead atoms. The number of carbonyl (C=O) groups is 1. The lowest BCUT2D eigenvalue weighted by Gasteiger charge is -2.22. The number of rotatable bonds is 2. The van der Waals surface area contributed by atoms with Crippen LogP contribution in [0.15, 0.2) is 0 Å². The molecule has 0 spiro atoms. The van der Waals surface area contributed by atoms with Crippen LogP contribution in [0.25, 0.3) is 0 Å². The molecule has 52 valence electrons. The Morgan fingerprint density at radius 2 is 2.44 bits per heavy atom. The van der Waals surface area contributed by atoms with Crippen LogP contribution in [0.2, 0.25) is 0 Å². The van der Waals surface area contributed by atoms with Crippen molar-refractivity contribution in [3.8, 4) is 0 Å². The van der Waals surface area contributed by atoms with Gasteiger partial charge in [-0.15, -0.1) is 0 Å². The molecular weight excluding hydrogens is 116 g/mol. The van der Waals surface area contributed by atoms with E-state index >= 15 is 0 Å². The van der Waals surface area contributed by atoms with E-state index in [-0.39, 0.29) is 6.17 Å². The molecule has 1 aliphatic rings. The van der Waals surface area contributed by atoms with Crippen molar-refractivity contribution in [2.24, 2.45) is 0 Å². The molecular formula is C6H12N2O. The zero-order chi connectivity index (χ0) is 6.53. The molecule has 0 aromatic rings. The van der Waals surface area contributed by atoms with Gasteiger partial charge in [0.15, 0.2) is 0 Å². The first-order valence-corrected chi connectivity index (χ1v) is 3.36. The molecule has 2 N–H and O–H groups in total. The first-order chi connectivity index (χ1) is 4.43. The maximum atomic E-state index is 9.92. The monoisotopic (exact) mass is 128 g/mol. The molecule has 1 heterocycles. The second kappa shape index (κ2) is 3.45. The Bertz CT molecular complexity index is 89.1. The number of nitrogens with one attached hydrogen (secondary N) is 2. The van der Waals surface area contributed by atoms with Crippen LogP contribution >= 0.6 is 0 Å². The summed E-state index contributed by atoms with van der Waals surface area (Å²) in [6.45, 7) is 1.03. The van der Waals surface area contributed by atoms with Gasteiger partial charge < -0.3 is 5.32 Å². The fourth-order valence-electron chi connectivity index (χ4n) is 1.08. The van der Waals surface area contributed by atoms with Crippen molar-refractivity contribution in [2.75, 3.05) is 6.54 Å². The Kier molecular flexibility index (Phi) is 2.51.